The molecule has 17 heavy (non-hydrogen) atoms. The zero-order valence-electron chi connectivity index (χ0n) is 11.5. The van der Waals surface area contributed by atoms with E-state index in [9.17, 15) is 0 Å². The van der Waals surface area contributed by atoms with Crippen LogP contribution in [0.4, 0.5) is 0 Å². The first-order chi connectivity index (χ1) is 7.71. The third-order valence-corrected chi connectivity index (χ3v) is 2.72. The predicted octanol–water partition coefficient (Wildman–Crippen LogP) is 2.23. The molecule has 0 aliphatic carbocycles. The maximum atomic E-state index is 4.41. The molecular weight excluding hydrogens is 212 g/mol. The van der Waals surface area contributed by atoms with Gasteiger partial charge in [-0.1, -0.05) is 0 Å². The second-order valence-electron chi connectivity index (χ2n) is 6.43. The van der Waals surface area contributed by atoms with Gasteiger partial charge in [0.05, 0.1) is 5.54 Å². The minimum absolute atomic E-state index is 0.0105. The third-order valence-electron chi connectivity index (χ3n) is 2.72. The molecule has 0 amide bonds. The van der Waals surface area contributed by atoms with Gasteiger partial charge in [-0.15, -0.1) is 9.36 Å². The summed E-state index contributed by atoms with van der Waals surface area (Å²) in [5.74, 6) is 0. The van der Waals surface area contributed by atoms with Gasteiger partial charge in [0, 0.05) is 27.0 Å². The van der Waals surface area contributed by atoms with Crippen molar-refractivity contribution >= 4 is 11.0 Å². The van der Waals surface area contributed by atoms with E-state index < -0.39 is 0 Å². The minimum atomic E-state index is -0.0105. The molecule has 4 heteroatoms. The maximum Gasteiger partial charge on any atom is 0.207 e. The SMILES string of the molecule is CC(C)(C)n1c2ncncc2c[n+]1C(C)(C)C. The molecule has 92 valence electrons. The molecule has 0 aromatic carbocycles. The monoisotopic (exact) mass is 233 g/mol. The van der Waals surface area contributed by atoms with Crippen molar-refractivity contribution in [2.75, 3.05) is 0 Å². The van der Waals surface area contributed by atoms with Crippen LogP contribution in [0.5, 0.6) is 0 Å². The lowest BCUT2D eigenvalue weighted by molar-refractivity contribution is -0.828. The summed E-state index contributed by atoms with van der Waals surface area (Å²) in [5, 5.41) is 1.08. The van der Waals surface area contributed by atoms with E-state index in [1.165, 1.54) is 0 Å². The fraction of sp³-hybridized carbons (Fsp3) is 0.615. The summed E-state index contributed by atoms with van der Waals surface area (Å²) in [6.45, 7) is 13.2. The van der Waals surface area contributed by atoms with Crippen LogP contribution in [-0.2, 0) is 11.1 Å². The predicted molar refractivity (Wildman–Crippen MR) is 67.7 cm³/mol. The van der Waals surface area contributed by atoms with Gasteiger partial charge in [-0.3, -0.25) is 0 Å². The fourth-order valence-corrected chi connectivity index (χ4v) is 2.03. The van der Waals surface area contributed by atoms with Crippen LogP contribution in [0.15, 0.2) is 18.7 Å². The molecule has 0 saturated heterocycles. The molecule has 0 atom stereocenters. The summed E-state index contributed by atoms with van der Waals surface area (Å²) < 4.78 is 4.48. The normalized spacial score (nSPS) is 13.3. The second kappa shape index (κ2) is 3.52. The van der Waals surface area contributed by atoms with Crippen molar-refractivity contribution in [2.45, 2.75) is 52.6 Å². The Morgan fingerprint density at radius 1 is 1.12 bits per heavy atom. The van der Waals surface area contributed by atoms with Crippen molar-refractivity contribution in [1.29, 1.82) is 0 Å². The third kappa shape index (κ3) is 2.04. The van der Waals surface area contributed by atoms with E-state index in [-0.39, 0.29) is 11.1 Å². The Morgan fingerprint density at radius 3 is 2.29 bits per heavy atom. The summed E-state index contributed by atoms with van der Waals surface area (Å²) in [6.07, 6.45) is 5.60. The Bertz CT molecular complexity index is 541. The van der Waals surface area contributed by atoms with E-state index >= 15 is 0 Å². The van der Waals surface area contributed by atoms with E-state index in [1.807, 2.05) is 6.20 Å². The van der Waals surface area contributed by atoms with E-state index in [0.717, 1.165) is 11.0 Å². The Balaban J connectivity index is 2.84. The van der Waals surface area contributed by atoms with Gasteiger partial charge < -0.3 is 0 Å². The molecule has 4 nitrogen and oxygen atoms in total. The van der Waals surface area contributed by atoms with Crippen LogP contribution < -0.4 is 4.68 Å². The average Bonchev–Trinajstić information content (AvgIpc) is 2.54. The van der Waals surface area contributed by atoms with Crippen molar-refractivity contribution in [3.63, 3.8) is 0 Å². The summed E-state index contributed by atoms with van der Waals surface area (Å²) in [5.41, 5.74) is 1.000. The standard InChI is InChI=1S/C13H21N4/c1-12(2,3)16-8-10-7-14-9-15-11(10)17(16)13(4,5)6/h7-9H,1-6H3/q+1. The Kier molecular flexibility index (Phi) is 2.49. The summed E-state index contributed by atoms with van der Waals surface area (Å²) in [6, 6.07) is 0. The van der Waals surface area contributed by atoms with Gasteiger partial charge in [-0.05, 0) is 20.8 Å². The van der Waals surface area contributed by atoms with Gasteiger partial charge >= 0.3 is 0 Å². The van der Waals surface area contributed by atoms with E-state index in [1.54, 1.807) is 6.33 Å². The van der Waals surface area contributed by atoms with Crippen molar-refractivity contribution in [2.24, 2.45) is 0 Å². The van der Waals surface area contributed by atoms with Crippen LogP contribution in [0, 0.1) is 0 Å². The highest BCUT2D eigenvalue weighted by atomic mass is 15.5. The molecule has 0 N–H and O–H groups in total. The molecule has 0 aliphatic heterocycles. The fourth-order valence-electron chi connectivity index (χ4n) is 2.03. The van der Waals surface area contributed by atoms with Gasteiger partial charge in [0.2, 0.25) is 11.8 Å². The van der Waals surface area contributed by atoms with Crippen LogP contribution in [0.25, 0.3) is 11.0 Å². The highest BCUT2D eigenvalue weighted by molar-refractivity contribution is 5.71. The second-order valence-corrected chi connectivity index (χ2v) is 6.43. The van der Waals surface area contributed by atoms with Gasteiger partial charge in [0.25, 0.3) is 0 Å². The first kappa shape index (κ1) is 12.0. The van der Waals surface area contributed by atoms with E-state index in [0.29, 0.717) is 0 Å². The van der Waals surface area contributed by atoms with Crippen LogP contribution in [0.3, 0.4) is 0 Å². The molecular formula is C13H21N4+. The van der Waals surface area contributed by atoms with Crippen LogP contribution in [0.1, 0.15) is 41.5 Å². The summed E-state index contributed by atoms with van der Waals surface area (Å²) in [7, 11) is 0. The van der Waals surface area contributed by atoms with Crippen molar-refractivity contribution in [1.82, 2.24) is 14.6 Å². The number of hydrogen-bond acceptors (Lipinski definition) is 2. The number of rotatable bonds is 0. The average molecular weight is 233 g/mol. The molecule has 2 rings (SSSR count). The number of nitrogens with zero attached hydrogens (tertiary/aromatic N) is 4. The molecule has 0 fully saturated rings. The molecule has 2 heterocycles. The topological polar surface area (TPSA) is 34.6 Å². The van der Waals surface area contributed by atoms with Gasteiger partial charge in [0.15, 0.2) is 5.54 Å². The lowest BCUT2D eigenvalue weighted by atomic mass is 10.1. The van der Waals surface area contributed by atoms with Gasteiger partial charge in [-0.2, -0.15) is 0 Å². The quantitative estimate of drug-likeness (QED) is 0.654. The maximum absolute atomic E-state index is 4.41. The number of hydrogen-bond donors (Lipinski definition) is 0. The zero-order chi connectivity index (χ0) is 12.8. The molecule has 2 aromatic heterocycles. The van der Waals surface area contributed by atoms with Crippen LogP contribution in [-0.4, -0.2) is 14.6 Å². The summed E-state index contributed by atoms with van der Waals surface area (Å²) in [4.78, 5) is 8.51. The largest absolute Gasteiger partial charge is 0.244 e. The lowest BCUT2D eigenvalue weighted by Gasteiger charge is -2.23. The Morgan fingerprint density at radius 2 is 1.76 bits per heavy atom. The molecule has 0 radical (unpaired) electrons. The Labute approximate surface area is 102 Å². The smallest absolute Gasteiger partial charge is 0.207 e. The van der Waals surface area contributed by atoms with Gasteiger partial charge in [0.1, 0.15) is 11.7 Å². The van der Waals surface area contributed by atoms with Gasteiger partial charge in [-0.25, -0.2) is 9.97 Å². The number of aromatic nitrogens is 4. The first-order valence-corrected chi connectivity index (χ1v) is 5.95. The summed E-state index contributed by atoms with van der Waals surface area (Å²) >= 11 is 0. The van der Waals surface area contributed by atoms with E-state index in [4.69, 9.17) is 0 Å². The van der Waals surface area contributed by atoms with Crippen LogP contribution >= 0.6 is 0 Å². The van der Waals surface area contributed by atoms with Crippen LogP contribution in [0.2, 0.25) is 0 Å². The molecule has 0 spiro atoms. The molecule has 0 bridgehead atoms. The van der Waals surface area contributed by atoms with Crippen molar-refractivity contribution < 1.29 is 4.68 Å². The molecule has 0 saturated carbocycles. The molecule has 0 unspecified atom stereocenters. The first-order valence-electron chi connectivity index (χ1n) is 5.95. The molecule has 2 aromatic rings. The highest BCUT2D eigenvalue weighted by Crippen LogP contribution is 2.20. The Hall–Kier alpha value is -1.45. The van der Waals surface area contributed by atoms with Crippen molar-refractivity contribution in [3.8, 4) is 0 Å². The van der Waals surface area contributed by atoms with E-state index in [2.05, 4.69) is 67.1 Å². The molecule has 0 aliphatic rings. The number of fused-ring (bicyclic) bond motifs is 1. The van der Waals surface area contributed by atoms with Crippen molar-refractivity contribution in [3.05, 3.63) is 18.7 Å². The lowest BCUT2D eigenvalue weighted by Crippen LogP contribution is -2.59. The zero-order valence-corrected chi connectivity index (χ0v) is 11.5. The minimum Gasteiger partial charge on any atom is -0.244 e. The highest BCUT2D eigenvalue weighted by Gasteiger charge is 2.34.